The van der Waals surface area contributed by atoms with Crippen LogP contribution in [0.2, 0.25) is 0 Å². The Morgan fingerprint density at radius 3 is 2.30 bits per heavy atom. The SMILES string of the molecule is CCC(CNC(=O)COc1ccc(OC)cc1)c1ccccc1. The lowest BCUT2D eigenvalue weighted by atomic mass is 9.96. The summed E-state index contributed by atoms with van der Waals surface area (Å²) >= 11 is 0. The van der Waals surface area contributed by atoms with Crippen LogP contribution in [0.1, 0.15) is 24.8 Å². The van der Waals surface area contributed by atoms with Gasteiger partial charge in [0, 0.05) is 12.5 Å². The zero-order chi connectivity index (χ0) is 16.5. The first-order chi connectivity index (χ1) is 11.2. The van der Waals surface area contributed by atoms with Gasteiger partial charge in [-0.05, 0) is 36.2 Å². The molecule has 2 aromatic carbocycles. The maximum absolute atomic E-state index is 11.9. The van der Waals surface area contributed by atoms with E-state index in [1.807, 2.05) is 18.2 Å². The molecule has 1 N–H and O–H groups in total. The van der Waals surface area contributed by atoms with Gasteiger partial charge >= 0.3 is 0 Å². The van der Waals surface area contributed by atoms with Gasteiger partial charge in [-0.1, -0.05) is 37.3 Å². The zero-order valence-corrected chi connectivity index (χ0v) is 13.6. The van der Waals surface area contributed by atoms with Gasteiger partial charge in [0.15, 0.2) is 6.61 Å². The lowest BCUT2D eigenvalue weighted by Gasteiger charge is -2.16. The molecule has 4 nitrogen and oxygen atoms in total. The third-order valence-corrected chi connectivity index (χ3v) is 3.74. The van der Waals surface area contributed by atoms with Crippen molar-refractivity contribution < 1.29 is 14.3 Å². The fourth-order valence-electron chi connectivity index (χ4n) is 2.33. The Hall–Kier alpha value is -2.49. The van der Waals surface area contributed by atoms with E-state index in [0.717, 1.165) is 12.2 Å². The van der Waals surface area contributed by atoms with Crippen molar-refractivity contribution in [2.75, 3.05) is 20.3 Å². The summed E-state index contributed by atoms with van der Waals surface area (Å²) in [4.78, 5) is 11.9. The number of amides is 1. The molecule has 122 valence electrons. The summed E-state index contributed by atoms with van der Waals surface area (Å²) < 4.78 is 10.6. The number of hydrogen-bond acceptors (Lipinski definition) is 3. The van der Waals surface area contributed by atoms with Crippen LogP contribution in [0.25, 0.3) is 0 Å². The lowest BCUT2D eigenvalue weighted by molar-refractivity contribution is -0.123. The molecule has 1 amide bonds. The predicted octanol–water partition coefficient (Wildman–Crippen LogP) is 3.38. The summed E-state index contributed by atoms with van der Waals surface area (Å²) in [5.74, 6) is 1.61. The topological polar surface area (TPSA) is 47.6 Å². The highest BCUT2D eigenvalue weighted by atomic mass is 16.5. The largest absolute Gasteiger partial charge is 0.497 e. The van der Waals surface area contributed by atoms with Crippen molar-refractivity contribution in [3.05, 3.63) is 60.2 Å². The molecule has 0 aromatic heterocycles. The molecule has 2 rings (SSSR count). The van der Waals surface area contributed by atoms with Crippen molar-refractivity contribution in [3.8, 4) is 11.5 Å². The smallest absolute Gasteiger partial charge is 0.257 e. The van der Waals surface area contributed by atoms with Gasteiger partial charge in [-0.25, -0.2) is 0 Å². The summed E-state index contributed by atoms with van der Waals surface area (Å²) in [5, 5.41) is 2.94. The molecule has 0 saturated heterocycles. The molecule has 4 heteroatoms. The minimum atomic E-state index is -0.116. The highest BCUT2D eigenvalue weighted by Crippen LogP contribution is 2.18. The number of benzene rings is 2. The van der Waals surface area contributed by atoms with Gasteiger partial charge < -0.3 is 14.8 Å². The summed E-state index contributed by atoms with van der Waals surface area (Å²) in [5.41, 5.74) is 1.24. The molecule has 0 spiro atoms. The first-order valence-electron chi connectivity index (χ1n) is 7.81. The van der Waals surface area contributed by atoms with Crippen LogP contribution in [0.4, 0.5) is 0 Å². The number of hydrogen-bond donors (Lipinski definition) is 1. The summed E-state index contributed by atoms with van der Waals surface area (Å²) in [7, 11) is 1.61. The summed E-state index contributed by atoms with van der Waals surface area (Å²) in [6, 6.07) is 17.4. The Bertz CT molecular complexity index is 596. The molecule has 0 aliphatic rings. The molecular formula is C19H23NO3. The third-order valence-electron chi connectivity index (χ3n) is 3.74. The van der Waals surface area contributed by atoms with Gasteiger partial charge in [0.2, 0.25) is 0 Å². The summed E-state index contributed by atoms with van der Waals surface area (Å²) in [6.45, 7) is 2.75. The third kappa shape index (κ3) is 5.33. The van der Waals surface area contributed by atoms with E-state index in [4.69, 9.17) is 9.47 Å². The monoisotopic (exact) mass is 313 g/mol. The zero-order valence-electron chi connectivity index (χ0n) is 13.6. The van der Waals surface area contributed by atoms with Crippen LogP contribution in [0.3, 0.4) is 0 Å². The van der Waals surface area contributed by atoms with Gasteiger partial charge in [-0.15, -0.1) is 0 Å². The Balaban J connectivity index is 1.77. The second kappa shape index (κ2) is 8.83. The van der Waals surface area contributed by atoms with E-state index in [9.17, 15) is 4.79 Å². The number of carbonyl (C=O) groups is 1. The number of carbonyl (C=O) groups excluding carboxylic acids is 1. The van der Waals surface area contributed by atoms with Crippen molar-refractivity contribution in [2.24, 2.45) is 0 Å². The van der Waals surface area contributed by atoms with Crippen LogP contribution in [-0.2, 0) is 4.79 Å². The van der Waals surface area contributed by atoms with E-state index in [0.29, 0.717) is 18.2 Å². The van der Waals surface area contributed by atoms with Crippen LogP contribution in [0.5, 0.6) is 11.5 Å². The Morgan fingerprint density at radius 1 is 1.04 bits per heavy atom. The average molecular weight is 313 g/mol. The normalized spacial score (nSPS) is 11.6. The number of ether oxygens (including phenoxy) is 2. The predicted molar refractivity (Wildman–Crippen MR) is 91.0 cm³/mol. The van der Waals surface area contributed by atoms with Gasteiger partial charge in [-0.3, -0.25) is 4.79 Å². The Kier molecular flexibility index (Phi) is 6.48. The lowest BCUT2D eigenvalue weighted by Crippen LogP contribution is -2.32. The van der Waals surface area contributed by atoms with Gasteiger partial charge in [-0.2, -0.15) is 0 Å². The molecule has 0 aliphatic heterocycles. The molecular weight excluding hydrogens is 290 g/mol. The molecule has 0 aliphatic carbocycles. The first kappa shape index (κ1) is 16.9. The fraction of sp³-hybridized carbons (Fsp3) is 0.316. The second-order valence-corrected chi connectivity index (χ2v) is 5.28. The fourth-order valence-corrected chi connectivity index (χ4v) is 2.33. The van der Waals surface area contributed by atoms with E-state index < -0.39 is 0 Å². The van der Waals surface area contributed by atoms with Gasteiger partial charge in [0.25, 0.3) is 5.91 Å². The maximum Gasteiger partial charge on any atom is 0.257 e. The van der Waals surface area contributed by atoms with Crippen LogP contribution < -0.4 is 14.8 Å². The second-order valence-electron chi connectivity index (χ2n) is 5.28. The van der Waals surface area contributed by atoms with Crippen LogP contribution >= 0.6 is 0 Å². The molecule has 0 radical (unpaired) electrons. The molecule has 0 heterocycles. The molecule has 0 saturated carbocycles. The Labute approximate surface area is 137 Å². The van der Waals surface area contributed by atoms with E-state index in [2.05, 4.69) is 24.4 Å². The molecule has 2 aromatic rings. The van der Waals surface area contributed by atoms with Crippen molar-refractivity contribution >= 4 is 5.91 Å². The Morgan fingerprint density at radius 2 is 1.70 bits per heavy atom. The first-order valence-corrected chi connectivity index (χ1v) is 7.81. The number of nitrogens with one attached hydrogen (secondary N) is 1. The molecule has 0 fully saturated rings. The van der Waals surface area contributed by atoms with Crippen molar-refractivity contribution in [3.63, 3.8) is 0 Å². The van der Waals surface area contributed by atoms with Crippen LogP contribution in [-0.4, -0.2) is 26.2 Å². The van der Waals surface area contributed by atoms with E-state index in [1.165, 1.54) is 5.56 Å². The van der Waals surface area contributed by atoms with E-state index in [1.54, 1.807) is 31.4 Å². The molecule has 1 atom stereocenters. The standard InChI is InChI=1S/C19H23NO3/c1-3-15(16-7-5-4-6-8-16)13-20-19(21)14-23-18-11-9-17(22-2)10-12-18/h4-12,15H,3,13-14H2,1-2H3,(H,20,21). The highest BCUT2D eigenvalue weighted by Gasteiger charge is 2.11. The molecule has 1 unspecified atom stereocenters. The van der Waals surface area contributed by atoms with Crippen LogP contribution in [0, 0.1) is 0 Å². The van der Waals surface area contributed by atoms with Gasteiger partial charge in [0.1, 0.15) is 11.5 Å². The van der Waals surface area contributed by atoms with Crippen molar-refractivity contribution in [2.45, 2.75) is 19.3 Å². The minimum Gasteiger partial charge on any atom is -0.497 e. The van der Waals surface area contributed by atoms with Crippen molar-refractivity contribution in [1.82, 2.24) is 5.32 Å². The highest BCUT2D eigenvalue weighted by molar-refractivity contribution is 5.77. The van der Waals surface area contributed by atoms with E-state index in [-0.39, 0.29) is 12.5 Å². The van der Waals surface area contributed by atoms with Crippen molar-refractivity contribution in [1.29, 1.82) is 0 Å². The quantitative estimate of drug-likeness (QED) is 0.812. The minimum absolute atomic E-state index is 0.0115. The molecule has 23 heavy (non-hydrogen) atoms. The van der Waals surface area contributed by atoms with E-state index >= 15 is 0 Å². The maximum atomic E-state index is 11.9. The number of methoxy groups -OCH3 is 1. The van der Waals surface area contributed by atoms with Crippen LogP contribution in [0.15, 0.2) is 54.6 Å². The number of rotatable bonds is 8. The van der Waals surface area contributed by atoms with Gasteiger partial charge in [0.05, 0.1) is 7.11 Å². The molecule has 0 bridgehead atoms. The summed E-state index contributed by atoms with van der Waals surface area (Å²) in [6.07, 6.45) is 0.976. The average Bonchev–Trinajstić information content (AvgIpc) is 2.62.